The number of carbonyl (C=O) groups excluding carboxylic acids is 2. The van der Waals surface area contributed by atoms with Crippen LogP contribution in [0.5, 0.6) is 0 Å². The second kappa shape index (κ2) is 4.36. The quantitative estimate of drug-likeness (QED) is 0.440. The molecule has 11 heavy (non-hydrogen) atoms. The number of primary amides is 1. The lowest BCUT2D eigenvalue weighted by molar-refractivity contribution is -0.344. The first-order chi connectivity index (χ1) is 4.68. The lowest BCUT2D eigenvalue weighted by Crippen LogP contribution is -2.37. The lowest BCUT2D eigenvalue weighted by atomic mass is 10.7. The molecule has 0 bridgehead atoms. The van der Waals surface area contributed by atoms with Crippen LogP contribution < -0.4 is 15.9 Å². The second-order valence-electron chi connectivity index (χ2n) is 1.10. The predicted octanol–water partition coefficient (Wildman–Crippen LogP) is -2.41. The number of hydrogen-bond acceptors (Lipinski definition) is 4. The van der Waals surface area contributed by atoms with Crippen molar-refractivity contribution in [2.24, 2.45) is 5.73 Å². The third-order valence-electron chi connectivity index (χ3n) is 0.231. The number of carboxylic acids is 1. The van der Waals surface area contributed by atoms with Crippen molar-refractivity contribution in [3.63, 3.8) is 0 Å². The fourth-order valence-corrected chi connectivity index (χ4v) is 0. The van der Waals surface area contributed by atoms with Gasteiger partial charge in [-0.05, 0) is 0 Å². The van der Waals surface area contributed by atoms with Crippen LogP contribution in [-0.4, -0.2) is 18.2 Å². The summed E-state index contributed by atoms with van der Waals surface area (Å²) in [6, 6.07) is 0. The normalized spacial score (nSPS) is 9.36. The first-order valence-corrected chi connectivity index (χ1v) is 1.92. The number of carboxylic acid groups (broad SMARTS) is 2. The molecule has 0 unspecified atom stereocenters. The van der Waals surface area contributed by atoms with Crippen molar-refractivity contribution < 1.29 is 33.0 Å². The van der Waals surface area contributed by atoms with Crippen molar-refractivity contribution in [3.8, 4) is 0 Å². The minimum Gasteiger partial charge on any atom is -0.542 e. The molecular weight excluding hydrogens is 171 g/mol. The van der Waals surface area contributed by atoms with E-state index in [0.29, 0.717) is 0 Å². The Morgan fingerprint density at radius 1 is 1.18 bits per heavy atom. The van der Waals surface area contributed by atoms with Crippen LogP contribution in [0.4, 0.5) is 18.0 Å². The highest BCUT2D eigenvalue weighted by Gasteiger charge is 2.28. The molecule has 0 rings (SSSR count). The zero-order chi connectivity index (χ0) is 9.65. The SMILES string of the molecule is NC(=O)[O-].O=C([O-])C(F)(F)F. The molecule has 0 saturated heterocycles. The summed E-state index contributed by atoms with van der Waals surface area (Å²) in [5.41, 5.74) is 3.92. The monoisotopic (exact) mass is 173 g/mol. The number of hydrogen-bond donors (Lipinski definition) is 1. The standard InChI is InChI=1S/C2HF3O2.CH3NO2/c3-2(4,5)1(6)7;2-1(3)4/h(H,6,7);2H2,(H,3,4)/p-2. The van der Waals surface area contributed by atoms with Gasteiger partial charge in [0.05, 0.1) is 0 Å². The van der Waals surface area contributed by atoms with Gasteiger partial charge in [-0.15, -0.1) is 0 Å². The largest absolute Gasteiger partial charge is 0.542 e. The van der Waals surface area contributed by atoms with Crippen LogP contribution in [0.1, 0.15) is 0 Å². The van der Waals surface area contributed by atoms with E-state index in [1.165, 1.54) is 0 Å². The van der Waals surface area contributed by atoms with Crippen molar-refractivity contribution in [1.29, 1.82) is 0 Å². The first kappa shape index (κ1) is 12.2. The topological polar surface area (TPSA) is 106 Å². The fourth-order valence-electron chi connectivity index (χ4n) is 0. The van der Waals surface area contributed by atoms with Crippen molar-refractivity contribution in [3.05, 3.63) is 0 Å². The zero-order valence-electron chi connectivity index (χ0n) is 4.84. The van der Waals surface area contributed by atoms with Crippen LogP contribution in [0.15, 0.2) is 0 Å². The Labute approximate surface area is 58.2 Å². The average Bonchev–Trinajstić information content (AvgIpc) is 1.59. The number of alkyl halides is 3. The predicted molar refractivity (Wildman–Crippen MR) is 20.6 cm³/mol. The van der Waals surface area contributed by atoms with Crippen LogP contribution in [0.25, 0.3) is 0 Å². The molecule has 1 amide bonds. The highest BCUT2D eigenvalue weighted by atomic mass is 19.4. The molecule has 8 heteroatoms. The lowest BCUT2D eigenvalue weighted by Gasteiger charge is -2.03. The number of carbonyl (C=O) groups is 2. The highest BCUT2D eigenvalue weighted by molar-refractivity contribution is 5.70. The van der Waals surface area contributed by atoms with E-state index < -0.39 is 18.2 Å². The summed E-state index contributed by atoms with van der Waals surface area (Å²) >= 11 is 0. The fraction of sp³-hybridized carbons (Fsp3) is 0.333. The Morgan fingerprint density at radius 3 is 1.27 bits per heavy atom. The molecule has 0 aromatic heterocycles. The van der Waals surface area contributed by atoms with E-state index in [1.807, 2.05) is 0 Å². The van der Waals surface area contributed by atoms with E-state index in [-0.39, 0.29) is 0 Å². The molecule has 0 saturated carbocycles. The minimum atomic E-state index is -5.19. The third kappa shape index (κ3) is 17.7. The van der Waals surface area contributed by atoms with Gasteiger partial charge >= 0.3 is 6.18 Å². The molecule has 2 N–H and O–H groups in total. The molecule has 0 fully saturated rings. The van der Waals surface area contributed by atoms with Crippen LogP contribution in [0, 0.1) is 0 Å². The van der Waals surface area contributed by atoms with E-state index in [9.17, 15) is 13.2 Å². The van der Waals surface area contributed by atoms with Gasteiger partial charge in [-0.1, -0.05) is 0 Å². The Balaban J connectivity index is 0. The molecule has 0 radical (unpaired) electrons. The molecule has 0 aliphatic heterocycles. The molecular formula is C3H2F3NO4-2. The number of nitrogens with two attached hydrogens (primary N) is 1. The van der Waals surface area contributed by atoms with Crippen LogP contribution in [-0.2, 0) is 4.79 Å². The van der Waals surface area contributed by atoms with Crippen molar-refractivity contribution >= 4 is 12.1 Å². The molecule has 66 valence electrons. The summed E-state index contributed by atoms with van der Waals surface area (Å²) in [5.74, 6) is -3.01. The summed E-state index contributed by atoms with van der Waals surface area (Å²) in [6.07, 6.45) is -6.78. The van der Waals surface area contributed by atoms with E-state index in [0.717, 1.165) is 0 Å². The molecule has 0 atom stereocenters. The maximum Gasteiger partial charge on any atom is 0.430 e. The maximum atomic E-state index is 10.5. The summed E-state index contributed by atoms with van der Waals surface area (Å²) in [5, 5.41) is 17.5. The van der Waals surface area contributed by atoms with Gasteiger partial charge in [0, 0.05) is 0 Å². The van der Waals surface area contributed by atoms with Gasteiger partial charge in [0.25, 0.3) is 0 Å². The van der Waals surface area contributed by atoms with Crippen molar-refractivity contribution in [2.45, 2.75) is 6.18 Å². The van der Waals surface area contributed by atoms with Crippen molar-refractivity contribution in [1.82, 2.24) is 0 Å². The summed E-state index contributed by atoms with van der Waals surface area (Å²) in [6.45, 7) is 0. The van der Waals surface area contributed by atoms with Crippen molar-refractivity contribution in [2.75, 3.05) is 0 Å². The summed E-state index contributed by atoms with van der Waals surface area (Å²) in [4.78, 5) is 17.5. The smallest absolute Gasteiger partial charge is 0.430 e. The van der Waals surface area contributed by atoms with Gasteiger partial charge in [0.15, 0.2) is 0 Å². The number of rotatable bonds is 0. The van der Waals surface area contributed by atoms with Gasteiger partial charge in [-0.3, -0.25) is 0 Å². The van der Waals surface area contributed by atoms with Gasteiger partial charge in [-0.25, -0.2) is 0 Å². The van der Waals surface area contributed by atoms with E-state index in [4.69, 9.17) is 19.8 Å². The van der Waals surface area contributed by atoms with Gasteiger partial charge < -0.3 is 25.5 Å². The average molecular weight is 173 g/mol. The zero-order valence-corrected chi connectivity index (χ0v) is 4.84. The molecule has 0 aliphatic carbocycles. The third-order valence-corrected chi connectivity index (χ3v) is 0.231. The van der Waals surface area contributed by atoms with Crippen LogP contribution in [0.2, 0.25) is 0 Å². The number of halogens is 3. The molecule has 0 spiro atoms. The Hall–Kier alpha value is -1.47. The van der Waals surface area contributed by atoms with Gasteiger partial charge in [0.2, 0.25) is 0 Å². The molecule has 5 nitrogen and oxygen atoms in total. The summed E-state index contributed by atoms with van der Waals surface area (Å²) < 4.78 is 31.5. The Morgan fingerprint density at radius 2 is 1.27 bits per heavy atom. The Bertz CT molecular complexity index is 149. The number of amides is 1. The van der Waals surface area contributed by atoms with Crippen LogP contribution in [0.3, 0.4) is 0 Å². The minimum absolute atomic E-state index is 1.58. The molecule has 0 aromatic carbocycles. The summed E-state index contributed by atoms with van der Waals surface area (Å²) in [7, 11) is 0. The first-order valence-electron chi connectivity index (χ1n) is 1.92. The Kier molecular flexibility index (Phi) is 4.85. The van der Waals surface area contributed by atoms with E-state index in [2.05, 4.69) is 5.73 Å². The van der Waals surface area contributed by atoms with Crippen LogP contribution >= 0.6 is 0 Å². The van der Waals surface area contributed by atoms with Gasteiger partial charge in [-0.2, -0.15) is 13.2 Å². The van der Waals surface area contributed by atoms with E-state index in [1.54, 1.807) is 0 Å². The molecule has 0 aliphatic rings. The number of aliphatic carboxylic acids is 1. The van der Waals surface area contributed by atoms with E-state index >= 15 is 0 Å². The highest BCUT2D eigenvalue weighted by Crippen LogP contribution is 2.11. The second-order valence-corrected chi connectivity index (χ2v) is 1.10. The maximum absolute atomic E-state index is 10.5. The molecule has 0 aromatic rings. The molecule has 0 heterocycles. The van der Waals surface area contributed by atoms with Gasteiger partial charge in [0.1, 0.15) is 12.1 Å².